The zero-order valence-corrected chi connectivity index (χ0v) is 14.6. The third kappa shape index (κ3) is 5.74. The Morgan fingerprint density at radius 2 is 2.05 bits per heavy atom. The molecule has 0 saturated heterocycles. The molecule has 2 N–H and O–H groups in total. The van der Waals surface area contributed by atoms with Gasteiger partial charge >= 0.3 is 0 Å². The van der Waals surface area contributed by atoms with Gasteiger partial charge in [0.2, 0.25) is 0 Å². The minimum absolute atomic E-state index is 0. The first-order valence-corrected chi connectivity index (χ1v) is 6.78. The van der Waals surface area contributed by atoms with Gasteiger partial charge in [-0.15, -0.1) is 24.0 Å². The van der Waals surface area contributed by atoms with Gasteiger partial charge in [0, 0.05) is 12.6 Å². The molecule has 114 valence electrons. The zero-order chi connectivity index (χ0) is 14.2. The summed E-state index contributed by atoms with van der Waals surface area (Å²) in [6.07, 6.45) is 1.55. The molecule has 0 amide bonds. The van der Waals surface area contributed by atoms with Gasteiger partial charge in [0.05, 0.1) is 12.6 Å². The molecular weight excluding hydrogens is 379 g/mol. The van der Waals surface area contributed by atoms with Crippen molar-refractivity contribution in [1.29, 1.82) is 0 Å². The average Bonchev–Trinajstić information content (AvgIpc) is 2.99. The Morgan fingerprint density at radius 3 is 2.67 bits per heavy atom. The molecule has 0 saturated carbocycles. The number of guanidine groups is 1. The lowest BCUT2D eigenvalue weighted by atomic mass is 10.1. The second-order valence-electron chi connectivity index (χ2n) is 4.46. The molecule has 0 bridgehead atoms. The number of aromatic nitrogens is 1. The van der Waals surface area contributed by atoms with E-state index < -0.39 is 0 Å². The van der Waals surface area contributed by atoms with Crippen LogP contribution < -0.4 is 10.6 Å². The Balaban J connectivity index is 0.00000220. The first-order chi connectivity index (χ1) is 9.79. The molecule has 1 aromatic heterocycles. The van der Waals surface area contributed by atoms with Gasteiger partial charge in [-0.25, -0.2) is 4.99 Å². The molecule has 0 aliphatic heterocycles. The molecule has 5 nitrogen and oxygen atoms in total. The Hall–Kier alpha value is -1.57. The number of benzene rings is 1. The quantitative estimate of drug-likeness (QED) is 0.460. The maximum atomic E-state index is 4.80. The van der Waals surface area contributed by atoms with Crippen molar-refractivity contribution in [2.24, 2.45) is 4.99 Å². The van der Waals surface area contributed by atoms with Crippen molar-refractivity contribution in [3.8, 4) is 0 Å². The highest BCUT2D eigenvalue weighted by Crippen LogP contribution is 2.10. The van der Waals surface area contributed by atoms with Gasteiger partial charge in [-0.1, -0.05) is 35.5 Å². The Morgan fingerprint density at radius 1 is 1.29 bits per heavy atom. The lowest BCUT2D eigenvalue weighted by Gasteiger charge is -2.18. The largest absolute Gasteiger partial charge is 0.364 e. The predicted octanol–water partition coefficient (Wildman–Crippen LogP) is 3.11. The minimum Gasteiger partial charge on any atom is -0.364 e. The number of nitrogens with zero attached hydrogens (tertiary/aromatic N) is 2. The molecule has 0 aliphatic rings. The third-order valence-corrected chi connectivity index (χ3v) is 2.89. The standard InChI is InChI=1S/C15H20N4O.HI/c1-3-16-15(17-11-14-9-10-20-19-14)18-12(2)13-7-5-4-6-8-13;/h4-10,12H,3,11H2,1-2H3,(H2,16,17,18);1H. The number of hydrogen-bond donors (Lipinski definition) is 2. The second-order valence-corrected chi connectivity index (χ2v) is 4.46. The number of rotatable bonds is 5. The first kappa shape index (κ1) is 17.5. The summed E-state index contributed by atoms with van der Waals surface area (Å²) < 4.78 is 4.80. The molecular formula is C15H21IN4O. The predicted molar refractivity (Wildman–Crippen MR) is 94.7 cm³/mol. The normalized spacial score (nSPS) is 12.4. The van der Waals surface area contributed by atoms with Gasteiger partial charge in [0.25, 0.3) is 0 Å². The van der Waals surface area contributed by atoms with E-state index in [0.29, 0.717) is 6.54 Å². The number of nitrogens with one attached hydrogen (secondary N) is 2. The monoisotopic (exact) mass is 400 g/mol. The third-order valence-electron chi connectivity index (χ3n) is 2.89. The zero-order valence-electron chi connectivity index (χ0n) is 12.2. The summed E-state index contributed by atoms with van der Waals surface area (Å²) in [6.45, 7) is 5.46. The van der Waals surface area contributed by atoms with Crippen LogP contribution in [0.3, 0.4) is 0 Å². The van der Waals surface area contributed by atoms with Crippen LogP contribution in [0.5, 0.6) is 0 Å². The highest BCUT2D eigenvalue weighted by atomic mass is 127. The molecule has 0 aliphatic carbocycles. The summed E-state index contributed by atoms with van der Waals surface area (Å²) in [7, 11) is 0. The van der Waals surface area contributed by atoms with E-state index in [2.05, 4.69) is 39.8 Å². The molecule has 21 heavy (non-hydrogen) atoms. The molecule has 1 aromatic carbocycles. The Labute approximate surface area is 142 Å². The molecule has 0 spiro atoms. The van der Waals surface area contributed by atoms with E-state index in [1.807, 2.05) is 31.2 Å². The number of aliphatic imine (C=N–C) groups is 1. The fourth-order valence-corrected chi connectivity index (χ4v) is 1.83. The van der Waals surface area contributed by atoms with E-state index in [-0.39, 0.29) is 30.0 Å². The summed E-state index contributed by atoms with van der Waals surface area (Å²) in [4.78, 5) is 4.49. The van der Waals surface area contributed by atoms with Crippen LogP contribution in [0, 0.1) is 0 Å². The van der Waals surface area contributed by atoms with Crippen molar-refractivity contribution < 1.29 is 4.52 Å². The van der Waals surface area contributed by atoms with Crippen LogP contribution in [0.2, 0.25) is 0 Å². The van der Waals surface area contributed by atoms with Crippen LogP contribution in [0.25, 0.3) is 0 Å². The van der Waals surface area contributed by atoms with E-state index >= 15 is 0 Å². The molecule has 6 heteroatoms. The van der Waals surface area contributed by atoms with Crippen molar-refractivity contribution >= 4 is 29.9 Å². The SMILES string of the molecule is CCNC(=NCc1ccon1)NC(C)c1ccccc1.I. The lowest BCUT2D eigenvalue weighted by molar-refractivity contribution is 0.412. The van der Waals surface area contributed by atoms with Gasteiger partial charge in [-0.2, -0.15) is 0 Å². The molecule has 2 aromatic rings. The maximum Gasteiger partial charge on any atom is 0.192 e. The Bertz CT molecular complexity index is 528. The number of halogens is 1. The van der Waals surface area contributed by atoms with E-state index in [4.69, 9.17) is 4.52 Å². The summed E-state index contributed by atoms with van der Waals surface area (Å²) in [6, 6.07) is 12.3. The van der Waals surface area contributed by atoms with Gasteiger partial charge in [-0.05, 0) is 19.4 Å². The highest BCUT2D eigenvalue weighted by molar-refractivity contribution is 14.0. The van der Waals surface area contributed by atoms with Crippen molar-refractivity contribution in [1.82, 2.24) is 15.8 Å². The topological polar surface area (TPSA) is 62.5 Å². The van der Waals surface area contributed by atoms with Crippen molar-refractivity contribution in [3.63, 3.8) is 0 Å². The van der Waals surface area contributed by atoms with Crippen LogP contribution in [0.15, 0.2) is 52.2 Å². The fourth-order valence-electron chi connectivity index (χ4n) is 1.83. The van der Waals surface area contributed by atoms with Crippen LogP contribution >= 0.6 is 24.0 Å². The second kappa shape index (κ2) is 9.38. The number of hydrogen-bond acceptors (Lipinski definition) is 3. The molecule has 1 heterocycles. The lowest BCUT2D eigenvalue weighted by Crippen LogP contribution is -2.38. The molecule has 2 rings (SSSR count). The molecule has 0 fully saturated rings. The van der Waals surface area contributed by atoms with Gasteiger partial charge < -0.3 is 15.2 Å². The van der Waals surface area contributed by atoms with Crippen LogP contribution in [-0.4, -0.2) is 17.7 Å². The van der Waals surface area contributed by atoms with Crippen molar-refractivity contribution in [2.45, 2.75) is 26.4 Å². The van der Waals surface area contributed by atoms with Crippen LogP contribution in [0.4, 0.5) is 0 Å². The summed E-state index contributed by atoms with van der Waals surface area (Å²) in [5, 5.41) is 10.5. The molecule has 0 radical (unpaired) electrons. The van der Waals surface area contributed by atoms with Crippen LogP contribution in [-0.2, 0) is 6.54 Å². The fraction of sp³-hybridized carbons (Fsp3) is 0.333. The van der Waals surface area contributed by atoms with Gasteiger partial charge in [-0.3, -0.25) is 0 Å². The molecule has 1 atom stereocenters. The van der Waals surface area contributed by atoms with E-state index in [1.54, 1.807) is 6.26 Å². The van der Waals surface area contributed by atoms with Gasteiger partial charge in [0.15, 0.2) is 5.96 Å². The summed E-state index contributed by atoms with van der Waals surface area (Å²) in [5.41, 5.74) is 2.04. The maximum absolute atomic E-state index is 4.80. The van der Waals surface area contributed by atoms with Gasteiger partial charge in [0.1, 0.15) is 12.0 Å². The summed E-state index contributed by atoms with van der Waals surface area (Å²) in [5.74, 6) is 0.770. The summed E-state index contributed by atoms with van der Waals surface area (Å²) >= 11 is 0. The van der Waals surface area contributed by atoms with Crippen LogP contribution in [0.1, 0.15) is 31.1 Å². The van der Waals surface area contributed by atoms with E-state index in [1.165, 1.54) is 5.56 Å². The smallest absolute Gasteiger partial charge is 0.192 e. The molecule has 1 unspecified atom stereocenters. The highest BCUT2D eigenvalue weighted by Gasteiger charge is 2.07. The Kier molecular flexibility index (Phi) is 7.81. The van der Waals surface area contributed by atoms with E-state index in [0.717, 1.165) is 18.2 Å². The van der Waals surface area contributed by atoms with E-state index in [9.17, 15) is 0 Å². The van der Waals surface area contributed by atoms with Crippen molar-refractivity contribution in [2.75, 3.05) is 6.54 Å². The minimum atomic E-state index is 0. The first-order valence-electron chi connectivity index (χ1n) is 6.78. The average molecular weight is 400 g/mol. The van der Waals surface area contributed by atoms with Crippen molar-refractivity contribution in [3.05, 3.63) is 53.9 Å².